The molecule has 1 aliphatic heterocycles. The van der Waals surface area contributed by atoms with Crippen molar-refractivity contribution in [2.24, 2.45) is 0 Å². The van der Waals surface area contributed by atoms with Crippen LogP contribution in [-0.2, 0) is 16.1 Å². The van der Waals surface area contributed by atoms with Crippen molar-refractivity contribution in [2.75, 3.05) is 18.9 Å². The van der Waals surface area contributed by atoms with Gasteiger partial charge in [0.1, 0.15) is 0 Å². The van der Waals surface area contributed by atoms with Crippen LogP contribution in [0.2, 0.25) is 0 Å². The summed E-state index contributed by atoms with van der Waals surface area (Å²) in [5, 5.41) is 2.82. The van der Waals surface area contributed by atoms with Crippen LogP contribution in [0.15, 0.2) is 73.1 Å². The van der Waals surface area contributed by atoms with Gasteiger partial charge in [-0.3, -0.25) is 19.5 Å². The SMILES string of the molecule is CCN(C)C(=O)C1C(c2ccc(NC(=O)c3cccnc3)cc2)OC(=O)N1Cc1cccc(C)c1. The lowest BCUT2D eigenvalue weighted by Crippen LogP contribution is -2.46. The molecular weight excluding hydrogens is 444 g/mol. The van der Waals surface area contributed by atoms with Gasteiger partial charge >= 0.3 is 6.09 Å². The van der Waals surface area contributed by atoms with E-state index in [1.165, 1.54) is 11.1 Å². The Kier molecular flexibility index (Phi) is 7.10. The number of nitrogens with zero attached hydrogens (tertiary/aromatic N) is 3. The molecule has 2 atom stereocenters. The molecule has 2 unspecified atom stereocenters. The summed E-state index contributed by atoms with van der Waals surface area (Å²) >= 11 is 0. The maximum absolute atomic E-state index is 13.3. The van der Waals surface area contributed by atoms with Gasteiger partial charge in [0.2, 0.25) is 5.91 Å². The van der Waals surface area contributed by atoms with E-state index in [0.29, 0.717) is 23.4 Å². The van der Waals surface area contributed by atoms with E-state index < -0.39 is 18.2 Å². The number of hydrogen-bond donors (Lipinski definition) is 1. The smallest absolute Gasteiger partial charge is 0.411 e. The van der Waals surface area contributed by atoms with Crippen LogP contribution in [-0.4, -0.2) is 52.3 Å². The number of aromatic nitrogens is 1. The minimum atomic E-state index is -0.802. The van der Waals surface area contributed by atoms with Gasteiger partial charge in [-0.15, -0.1) is 0 Å². The fraction of sp³-hybridized carbons (Fsp3) is 0.259. The number of cyclic esters (lactones) is 1. The Balaban J connectivity index is 1.57. The van der Waals surface area contributed by atoms with E-state index in [1.54, 1.807) is 54.5 Å². The highest BCUT2D eigenvalue weighted by atomic mass is 16.6. The number of amides is 3. The Morgan fingerprint density at radius 2 is 1.89 bits per heavy atom. The van der Waals surface area contributed by atoms with Crippen LogP contribution in [0, 0.1) is 6.92 Å². The standard InChI is InChI=1S/C27H28N4O4/c1-4-30(3)26(33)23-24(35-27(34)31(23)17-19-8-5-7-18(2)15-19)20-10-12-22(13-11-20)29-25(32)21-9-6-14-28-16-21/h5-16,23-24H,4,17H2,1-3H3,(H,29,32). The summed E-state index contributed by atoms with van der Waals surface area (Å²) < 4.78 is 5.73. The maximum Gasteiger partial charge on any atom is 0.411 e. The van der Waals surface area contributed by atoms with Crippen LogP contribution in [0.3, 0.4) is 0 Å². The zero-order valence-electron chi connectivity index (χ0n) is 20.0. The first-order valence-corrected chi connectivity index (χ1v) is 11.5. The van der Waals surface area contributed by atoms with Crippen molar-refractivity contribution >= 4 is 23.6 Å². The minimum absolute atomic E-state index is 0.190. The van der Waals surface area contributed by atoms with Crippen molar-refractivity contribution in [3.63, 3.8) is 0 Å². The van der Waals surface area contributed by atoms with E-state index in [1.807, 2.05) is 38.1 Å². The Labute approximate surface area is 204 Å². The topological polar surface area (TPSA) is 91.8 Å². The van der Waals surface area contributed by atoms with Gasteiger partial charge in [0.25, 0.3) is 5.91 Å². The molecule has 1 N–H and O–H groups in total. The number of benzene rings is 2. The highest BCUT2D eigenvalue weighted by Crippen LogP contribution is 2.35. The normalized spacial score (nSPS) is 17.1. The molecule has 8 nitrogen and oxygen atoms in total. The van der Waals surface area contributed by atoms with E-state index in [9.17, 15) is 14.4 Å². The highest BCUT2D eigenvalue weighted by Gasteiger charge is 2.47. The molecule has 0 aliphatic carbocycles. The van der Waals surface area contributed by atoms with Crippen molar-refractivity contribution in [2.45, 2.75) is 32.5 Å². The number of ether oxygens (including phenoxy) is 1. The lowest BCUT2D eigenvalue weighted by atomic mass is 9.99. The quantitative estimate of drug-likeness (QED) is 0.557. The van der Waals surface area contributed by atoms with Gasteiger partial charge in [-0.25, -0.2) is 4.79 Å². The summed E-state index contributed by atoms with van der Waals surface area (Å²) in [5.74, 6) is -0.468. The van der Waals surface area contributed by atoms with Crippen molar-refractivity contribution < 1.29 is 19.1 Å². The Morgan fingerprint density at radius 1 is 1.11 bits per heavy atom. The van der Waals surface area contributed by atoms with E-state index in [4.69, 9.17) is 4.74 Å². The van der Waals surface area contributed by atoms with Crippen molar-refractivity contribution in [3.8, 4) is 0 Å². The van der Waals surface area contributed by atoms with Gasteiger partial charge in [-0.2, -0.15) is 0 Å². The van der Waals surface area contributed by atoms with Gasteiger partial charge in [0, 0.05) is 31.7 Å². The molecule has 1 saturated heterocycles. The number of carbonyl (C=O) groups is 3. The summed E-state index contributed by atoms with van der Waals surface area (Å²) in [7, 11) is 1.71. The molecule has 0 spiro atoms. The predicted octanol–water partition coefficient (Wildman–Crippen LogP) is 4.18. The largest absolute Gasteiger partial charge is 0.438 e. The number of hydrogen-bond acceptors (Lipinski definition) is 5. The molecule has 1 aromatic heterocycles. The third kappa shape index (κ3) is 5.32. The second-order valence-corrected chi connectivity index (χ2v) is 8.54. The number of aryl methyl sites for hydroxylation is 1. The molecule has 4 rings (SSSR count). The number of nitrogens with one attached hydrogen (secondary N) is 1. The van der Waals surface area contributed by atoms with Gasteiger partial charge < -0.3 is 15.0 Å². The average Bonchev–Trinajstić information content (AvgIpc) is 3.19. The molecule has 0 saturated carbocycles. The summed E-state index contributed by atoms with van der Waals surface area (Å²) in [6.45, 7) is 4.64. The molecule has 1 fully saturated rings. The molecule has 2 aromatic carbocycles. The zero-order valence-corrected chi connectivity index (χ0v) is 20.0. The first-order chi connectivity index (χ1) is 16.9. The van der Waals surface area contributed by atoms with Gasteiger partial charge in [0.15, 0.2) is 12.1 Å². The predicted molar refractivity (Wildman–Crippen MR) is 132 cm³/mol. The van der Waals surface area contributed by atoms with Crippen molar-refractivity contribution in [1.82, 2.24) is 14.8 Å². The van der Waals surface area contributed by atoms with E-state index in [-0.39, 0.29) is 18.4 Å². The third-order valence-electron chi connectivity index (χ3n) is 6.04. The molecule has 1 aliphatic rings. The first kappa shape index (κ1) is 23.9. The lowest BCUT2D eigenvalue weighted by Gasteiger charge is -2.28. The van der Waals surface area contributed by atoms with Crippen molar-refractivity contribution in [3.05, 3.63) is 95.3 Å². The van der Waals surface area contributed by atoms with E-state index in [2.05, 4.69) is 10.3 Å². The number of rotatable bonds is 7. The van der Waals surface area contributed by atoms with E-state index in [0.717, 1.165) is 11.1 Å². The van der Waals surface area contributed by atoms with Crippen LogP contribution < -0.4 is 5.32 Å². The minimum Gasteiger partial charge on any atom is -0.438 e. The fourth-order valence-electron chi connectivity index (χ4n) is 4.04. The number of likely N-dealkylation sites (N-methyl/N-ethyl adjacent to an activating group) is 1. The number of carbonyl (C=O) groups excluding carboxylic acids is 3. The molecular formula is C27H28N4O4. The highest BCUT2D eigenvalue weighted by molar-refractivity contribution is 6.04. The Hall–Kier alpha value is -4.20. The number of anilines is 1. The molecule has 0 bridgehead atoms. The van der Waals surface area contributed by atoms with Gasteiger partial charge in [0.05, 0.1) is 12.1 Å². The van der Waals surface area contributed by atoms with Crippen LogP contribution in [0.4, 0.5) is 10.5 Å². The Morgan fingerprint density at radius 3 is 2.54 bits per heavy atom. The lowest BCUT2D eigenvalue weighted by molar-refractivity contribution is -0.135. The molecule has 35 heavy (non-hydrogen) atoms. The second kappa shape index (κ2) is 10.4. The summed E-state index contributed by atoms with van der Waals surface area (Å²) in [6.07, 6.45) is 1.79. The van der Waals surface area contributed by atoms with Crippen LogP contribution >= 0.6 is 0 Å². The molecule has 2 heterocycles. The Bertz CT molecular complexity index is 1210. The monoisotopic (exact) mass is 472 g/mol. The summed E-state index contributed by atoms with van der Waals surface area (Å²) in [4.78, 5) is 45.7. The van der Waals surface area contributed by atoms with Gasteiger partial charge in [-0.1, -0.05) is 42.0 Å². The van der Waals surface area contributed by atoms with Gasteiger partial charge in [-0.05, 0) is 49.2 Å². The molecule has 180 valence electrons. The fourth-order valence-corrected chi connectivity index (χ4v) is 4.04. The van der Waals surface area contributed by atoms with Crippen LogP contribution in [0.25, 0.3) is 0 Å². The van der Waals surface area contributed by atoms with Crippen LogP contribution in [0.5, 0.6) is 0 Å². The molecule has 3 amide bonds. The zero-order chi connectivity index (χ0) is 24.9. The van der Waals surface area contributed by atoms with Crippen LogP contribution in [0.1, 0.15) is 40.1 Å². The molecule has 3 aromatic rings. The molecule has 0 radical (unpaired) electrons. The third-order valence-corrected chi connectivity index (χ3v) is 6.04. The maximum atomic E-state index is 13.3. The average molecular weight is 473 g/mol. The molecule has 8 heteroatoms. The van der Waals surface area contributed by atoms with E-state index >= 15 is 0 Å². The van der Waals surface area contributed by atoms with Crippen molar-refractivity contribution in [1.29, 1.82) is 0 Å². The summed E-state index contributed by atoms with van der Waals surface area (Å²) in [6, 6.07) is 17.4. The second-order valence-electron chi connectivity index (χ2n) is 8.54. The number of pyridine rings is 1. The summed E-state index contributed by atoms with van der Waals surface area (Å²) in [5.41, 5.74) is 3.70. The first-order valence-electron chi connectivity index (χ1n) is 11.5.